The zero-order chi connectivity index (χ0) is 17.6. The molecule has 6 heteroatoms. The SMILES string of the molecule is CC(C)(C)OC(=O)NC/C(=C\F)COc1ccc2ncccc2c1. The van der Waals surface area contributed by atoms with Gasteiger partial charge in [-0.2, -0.15) is 0 Å². The topological polar surface area (TPSA) is 60.5 Å². The van der Waals surface area contributed by atoms with Crippen LogP contribution in [0.5, 0.6) is 5.75 Å². The summed E-state index contributed by atoms with van der Waals surface area (Å²) in [6.45, 7) is 5.32. The summed E-state index contributed by atoms with van der Waals surface area (Å²) in [6, 6.07) is 9.20. The lowest BCUT2D eigenvalue weighted by molar-refractivity contribution is 0.0531. The molecule has 0 atom stereocenters. The van der Waals surface area contributed by atoms with E-state index in [4.69, 9.17) is 9.47 Å². The zero-order valence-corrected chi connectivity index (χ0v) is 14.0. The van der Waals surface area contributed by atoms with E-state index in [2.05, 4.69) is 10.3 Å². The number of amides is 1. The maximum Gasteiger partial charge on any atom is 0.407 e. The van der Waals surface area contributed by atoms with Crippen molar-refractivity contribution in [2.45, 2.75) is 26.4 Å². The summed E-state index contributed by atoms with van der Waals surface area (Å²) in [5.41, 5.74) is 0.559. The number of fused-ring (bicyclic) bond motifs is 1. The third-order valence-corrected chi connectivity index (χ3v) is 3.01. The predicted molar refractivity (Wildman–Crippen MR) is 90.7 cm³/mol. The fraction of sp³-hybridized carbons (Fsp3) is 0.333. The fourth-order valence-corrected chi connectivity index (χ4v) is 1.94. The van der Waals surface area contributed by atoms with Crippen LogP contribution in [0.15, 0.2) is 48.4 Å². The molecule has 1 aromatic carbocycles. The highest BCUT2D eigenvalue weighted by Gasteiger charge is 2.16. The van der Waals surface area contributed by atoms with Gasteiger partial charge in [0.2, 0.25) is 0 Å². The number of benzene rings is 1. The molecule has 0 radical (unpaired) electrons. The molecule has 0 aliphatic rings. The summed E-state index contributed by atoms with van der Waals surface area (Å²) >= 11 is 0. The molecular formula is C18H21FN2O3. The van der Waals surface area contributed by atoms with Crippen LogP contribution >= 0.6 is 0 Å². The molecule has 1 amide bonds. The highest BCUT2D eigenvalue weighted by Crippen LogP contribution is 2.19. The Morgan fingerprint density at radius 2 is 2.12 bits per heavy atom. The van der Waals surface area contributed by atoms with E-state index in [-0.39, 0.29) is 13.2 Å². The van der Waals surface area contributed by atoms with E-state index in [0.29, 0.717) is 17.7 Å². The van der Waals surface area contributed by atoms with E-state index in [1.54, 1.807) is 33.0 Å². The van der Waals surface area contributed by atoms with Crippen LogP contribution in [0.25, 0.3) is 10.9 Å². The zero-order valence-electron chi connectivity index (χ0n) is 14.0. The number of pyridine rings is 1. The lowest BCUT2D eigenvalue weighted by Crippen LogP contribution is -2.34. The first-order chi connectivity index (χ1) is 11.4. The van der Waals surface area contributed by atoms with E-state index in [1.165, 1.54) is 0 Å². The number of hydrogen-bond donors (Lipinski definition) is 1. The number of nitrogens with zero attached hydrogens (tertiary/aromatic N) is 1. The molecule has 0 saturated heterocycles. The summed E-state index contributed by atoms with van der Waals surface area (Å²) in [4.78, 5) is 15.8. The lowest BCUT2D eigenvalue weighted by Gasteiger charge is -2.20. The van der Waals surface area contributed by atoms with Gasteiger partial charge in [-0.15, -0.1) is 0 Å². The van der Waals surface area contributed by atoms with Crippen molar-refractivity contribution in [1.29, 1.82) is 0 Å². The molecule has 1 N–H and O–H groups in total. The first kappa shape index (κ1) is 17.7. The molecule has 24 heavy (non-hydrogen) atoms. The third-order valence-electron chi connectivity index (χ3n) is 3.01. The number of hydrogen-bond acceptors (Lipinski definition) is 4. The van der Waals surface area contributed by atoms with Crippen molar-refractivity contribution < 1.29 is 18.7 Å². The van der Waals surface area contributed by atoms with Crippen molar-refractivity contribution in [2.75, 3.05) is 13.2 Å². The van der Waals surface area contributed by atoms with Crippen LogP contribution in [0.2, 0.25) is 0 Å². The first-order valence-electron chi connectivity index (χ1n) is 7.60. The van der Waals surface area contributed by atoms with Gasteiger partial charge in [-0.05, 0) is 45.0 Å². The molecular weight excluding hydrogens is 311 g/mol. The normalized spacial score (nSPS) is 12.1. The standard InChI is InChI=1S/C18H21FN2O3/c1-18(2,3)24-17(22)21-11-13(10-19)12-23-15-6-7-16-14(9-15)5-4-8-20-16/h4-10H,11-12H2,1-3H3,(H,21,22)/b13-10+. The van der Waals surface area contributed by atoms with Crippen LogP contribution in [0.3, 0.4) is 0 Å². The summed E-state index contributed by atoms with van der Waals surface area (Å²) in [5.74, 6) is 0.604. The Balaban J connectivity index is 1.87. The van der Waals surface area contributed by atoms with Crippen LogP contribution in [0, 0.1) is 0 Å². The molecule has 1 heterocycles. The van der Waals surface area contributed by atoms with E-state index in [9.17, 15) is 9.18 Å². The number of carbonyl (C=O) groups is 1. The van der Waals surface area contributed by atoms with Gasteiger partial charge in [0.1, 0.15) is 18.0 Å². The largest absolute Gasteiger partial charge is 0.489 e. The molecule has 0 fully saturated rings. The Labute approximate surface area is 140 Å². The van der Waals surface area contributed by atoms with E-state index in [0.717, 1.165) is 10.9 Å². The molecule has 1 aromatic heterocycles. The average molecular weight is 332 g/mol. The maximum atomic E-state index is 13.0. The summed E-state index contributed by atoms with van der Waals surface area (Å²) in [6.07, 6.45) is 1.55. The van der Waals surface area contributed by atoms with Crippen LogP contribution in [-0.2, 0) is 4.74 Å². The molecule has 5 nitrogen and oxygen atoms in total. The monoisotopic (exact) mass is 332 g/mol. The van der Waals surface area contributed by atoms with Gasteiger partial charge in [0, 0.05) is 23.7 Å². The van der Waals surface area contributed by atoms with Gasteiger partial charge in [0.25, 0.3) is 0 Å². The molecule has 2 rings (SSSR count). The van der Waals surface area contributed by atoms with Crippen molar-refractivity contribution >= 4 is 17.0 Å². The predicted octanol–water partition coefficient (Wildman–Crippen LogP) is 3.99. The lowest BCUT2D eigenvalue weighted by atomic mass is 10.2. The highest BCUT2D eigenvalue weighted by atomic mass is 19.1. The van der Waals surface area contributed by atoms with Crippen molar-refractivity contribution in [3.05, 3.63) is 48.4 Å². The van der Waals surface area contributed by atoms with Crippen molar-refractivity contribution in [3.8, 4) is 5.75 Å². The number of alkyl carbamates (subject to hydrolysis) is 1. The van der Waals surface area contributed by atoms with Gasteiger partial charge >= 0.3 is 6.09 Å². The van der Waals surface area contributed by atoms with Crippen molar-refractivity contribution in [2.24, 2.45) is 0 Å². The average Bonchev–Trinajstić information content (AvgIpc) is 2.53. The molecule has 0 spiro atoms. The van der Waals surface area contributed by atoms with Crippen LogP contribution in [0.4, 0.5) is 9.18 Å². The van der Waals surface area contributed by atoms with E-state index in [1.807, 2.05) is 24.3 Å². The molecule has 0 bridgehead atoms. The van der Waals surface area contributed by atoms with Crippen LogP contribution in [0.1, 0.15) is 20.8 Å². The second-order valence-corrected chi connectivity index (χ2v) is 6.27. The number of carbonyl (C=O) groups excluding carboxylic acids is 1. The molecule has 128 valence electrons. The second kappa shape index (κ2) is 7.77. The van der Waals surface area contributed by atoms with E-state index >= 15 is 0 Å². The summed E-state index contributed by atoms with van der Waals surface area (Å²) in [5, 5.41) is 3.43. The molecule has 0 saturated carbocycles. The van der Waals surface area contributed by atoms with Crippen LogP contribution < -0.4 is 10.1 Å². The van der Waals surface area contributed by atoms with Gasteiger partial charge in [-0.1, -0.05) is 6.07 Å². The van der Waals surface area contributed by atoms with Gasteiger partial charge < -0.3 is 14.8 Å². The Hall–Kier alpha value is -2.63. The van der Waals surface area contributed by atoms with Gasteiger partial charge in [0.05, 0.1) is 11.8 Å². The minimum atomic E-state index is -0.598. The number of halogens is 1. The summed E-state index contributed by atoms with van der Waals surface area (Å²) < 4.78 is 23.6. The highest BCUT2D eigenvalue weighted by molar-refractivity contribution is 5.79. The second-order valence-electron chi connectivity index (χ2n) is 6.27. The minimum Gasteiger partial charge on any atom is -0.489 e. The number of ether oxygens (including phenoxy) is 2. The Morgan fingerprint density at radius 1 is 1.33 bits per heavy atom. The Bertz CT molecular complexity index is 738. The molecule has 2 aromatic rings. The number of rotatable bonds is 5. The Morgan fingerprint density at radius 3 is 2.83 bits per heavy atom. The van der Waals surface area contributed by atoms with Crippen molar-refractivity contribution in [3.63, 3.8) is 0 Å². The first-order valence-corrected chi connectivity index (χ1v) is 7.60. The van der Waals surface area contributed by atoms with Gasteiger partial charge in [0.15, 0.2) is 0 Å². The van der Waals surface area contributed by atoms with Crippen LogP contribution in [-0.4, -0.2) is 29.8 Å². The number of aromatic nitrogens is 1. The molecule has 0 aliphatic carbocycles. The quantitative estimate of drug-likeness (QED) is 0.899. The number of nitrogens with one attached hydrogen (secondary N) is 1. The third kappa shape index (κ3) is 5.53. The summed E-state index contributed by atoms with van der Waals surface area (Å²) in [7, 11) is 0. The van der Waals surface area contributed by atoms with E-state index < -0.39 is 11.7 Å². The van der Waals surface area contributed by atoms with Crippen molar-refractivity contribution in [1.82, 2.24) is 10.3 Å². The van der Waals surface area contributed by atoms with Gasteiger partial charge in [-0.3, -0.25) is 4.98 Å². The maximum absolute atomic E-state index is 13.0. The van der Waals surface area contributed by atoms with Gasteiger partial charge in [-0.25, -0.2) is 9.18 Å². The Kier molecular flexibility index (Phi) is 5.73. The smallest absolute Gasteiger partial charge is 0.407 e. The minimum absolute atomic E-state index is 0.0144. The molecule has 0 unspecified atom stereocenters. The fourth-order valence-electron chi connectivity index (χ4n) is 1.94. The molecule has 0 aliphatic heterocycles.